The molecule has 0 aliphatic carbocycles. The van der Waals surface area contributed by atoms with Crippen LogP contribution in [0.3, 0.4) is 0 Å². The van der Waals surface area contributed by atoms with Gasteiger partial charge in [-0.05, 0) is 21.0 Å². The Morgan fingerprint density at radius 1 is 1.07 bits per heavy atom. The first-order valence-corrected chi connectivity index (χ1v) is 9.66. The molecule has 4 rings (SSSR count). The lowest BCUT2D eigenvalue weighted by Crippen LogP contribution is -2.38. The minimum absolute atomic E-state index is 0.457. The van der Waals surface area contributed by atoms with Crippen LogP contribution in [0.15, 0.2) is 6.33 Å². The molecule has 0 saturated carbocycles. The van der Waals surface area contributed by atoms with Gasteiger partial charge < -0.3 is 4.57 Å². The SMILES string of the molecule is CC.CC.CC1Cn2nnc(C#N)c2CN1C.CN1CCn2cnnc2C1. The second-order valence-electron chi connectivity index (χ2n) is 6.12. The molecular formula is C18H33N9. The molecule has 27 heavy (non-hydrogen) atoms. The van der Waals surface area contributed by atoms with E-state index in [0.29, 0.717) is 11.7 Å². The highest BCUT2D eigenvalue weighted by atomic mass is 15.5. The van der Waals surface area contributed by atoms with Gasteiger partial charge in [-0.3, -0.25) is 9.80 Å². The number of nitriles is 1. The van der Waals surface area contributed by atoms with Gasteiger partial charge in [0.05, 0.1) is 18.8 Å². The summed E-state index contributed by atoms with van der Waals surface area (Å²) in [5.41, 5.74) is 1.39. The lowest BCUT2D eigenvalue weighted by molar-refractivity contribution is 0.182. The van der Waals surface area contributed by atoms with Crippen molar-refractivity contribution in [1.29, 1.82) is 5.26 Å². The van der Waals surface area contributed by atoms with Crippen LogP contribution < -0.4 is 0 Å². The summed E-state index contributed by atoms with van der Waals surface area (Å²) in [6, 6.07) is 2.51. The maximum atomic E-state index is 8.75. The monoisotopic (exact) mass is 375 g/mol. The van der Waals surface area contributed by atoms with Crippen molar-refractivity contribution < 1.29 is 0 Å². The van der Waals surface area contributed by atoms with E-state index in [2.05, 4.69) is 48.8 Å². The Labute approximate surface area is 162 Å². The standard InChI is InChI=1S/C8H11N5.C6H10N4.2C2H6/c1-6-4-13-8(5-12(6)2)7(3-9)10-11-13;1-9-2-3-10-5-7-8-6(10)4-9;2*1-2/h6H,4-5H2,1-2H3;5H,2-4H2,1H3;2*1-2H3. The molecule has 0 aromatic carbocycles. The van der Waals surface area contributed by atoms with Crippen molar-refractivity contribution in [3.05, 3.63) is 23.5 Å². The quantitative estimate of drug-likeness (QED) is 0.693. The maximum absolute atomic E-state index is 8.75. The van der Waals surface area contributed by atoms with E-state index in [1.54, 1.807) is 6.33 Å². The van der Waals surface area contributed by atoms with Crippen molar-refractivity contribution in [2.75, 3.05) is 20.6 Å². The third-order valence-corrected chi connectivity index (χ3v) is 4.36. The van der Waals surface area contributed by atoms with Crippen molar-refractivity contribution in [1.82, 2.24) is 39.6 Å². The van der Waals surface area contributed by atoms with Crippen molar-refractivity contribution in [2.24, 2.45) is 0 Å². The third kappa shape index (κ3) is 5.84. The molecule has 2 aromatic heterocycles. The smallest absolute Gasteiger partial charge is 0.187 e. The van der Waals surface area contributed by atoms with Gasteiger partial charge in [-0.1, -0.05) is 32.9 Å². The molecule has 2 aliphatic rings. The summed E-state index contributed by atoms with van der Waals surface area (Å²) in [7, 11) is 4.14. The van der Waals surface area contributed by atoms with Gasteiger partial charge in [-0.15, -0.1) is 15.3 Å². The lowest BCUT2D eigenvalue weighted by atomic mass is 10.2. The van der Waals surface area contributed by atoms with Gasteiger partial charge >= 0.3 is 0 Å². The van der Waals surface area contributed by atoms with Gasteiger partial charge in [0, 0.05) is 25.7 Å². The van der Waals surface area contributed by atoms with E-state index in [0.717, 1.165) is 44.2 Å². The first-order chi connectivity index (χ1) is 13.1. The predicted molar refractivity (Wildman–Crippen MR) is 105 cm³/mol. The number of nitrogens with zero attached hydrogens (tertiary/aromatic N) is 9. The molecule has 1 unspecified atom stereocenters. The van der Waals surface area contributed by atoms with Crippen LogP contribution in [0.5, 0.6) is 0 Å². The molecule has 0 fully saturated rings. The second kappa shape index (κ2) is 11.4. The number of hydrogen-bond acceptors (Lipinski definition) is 7. The highest BCUT2D eigenvalue weighted by Gasteiger charge is 2.23. The fourth-order valence-electron chi connectivity index (χ4n) is 2.69. The van der Waals surface area contributed by atoms with Crippen LogP contribution >= 0.6 is 0 Å². The number of rotatable bonds is 0. The molecular weight excluding hydrogens is 342 g/mol. The minimum atomic E-state index is 0.457. The maximum Gasteiger partial charge on any atom is 0.187 e. The first-order valence-electron chi connectivity index (χ1n) is 9.66. The van der Waals surface area contributed by atoms with Gasteiger partial charge in [0.2, 0.25) is 0 Å². The first kappa shape index (κ1) is 22.7. The van der Waals surface area contributed by atoms with E-state index in [1.165, 1.54) is 0 Å². The number of fused-ring (bicyclic) bond motifs is 2. The normalized spacial score (nSPS) is 18.2. The summed E-state index contributed by atoms with van der Waals surface area (Å²) in [6.07, 6.45) is 1.79. The van der Waals surface area contributed by atoms with Gasteiger partial charge in [-0.25, -0.2) is 4.68 Å². The molecule has 150 valence electrons. The average molecular weight is 376 g/mol. The molecule has 0 amide bonds. The van der Waals surface area contributed by atoms with E-state index in [1.807, 2.05) is 45.5 Å². The Bertz CT molecular complexity index is 713. The van der Waals surface area contributed by atoms with Crippen molar-refractivity contribution in [3.8, 4) is 6.07 Å². The molecule has 0 spiro atoms. The molecule has 2 aromatic rings. The predicted octanol–water partition coefficient (Wildman–Crippen LogP) is 1.76. The van der Waals surface area contributed by atoms with Gasteiger partial charge in [0.1, 0.15) is 18.2 Å². The fourth-order valence-corrected chi connectivity index (χ4v) is 2.69. The zero-order chi connectivity index (χ0) is 20.4. The molecule has 9 nitrogen and oxygen atoms in total. The highest BCUT2D eigenvalue weighted by Crippen LogP contribution is 2.16. The summed E-state index contributed by atoms with van der Waals surface area (Å²) in [4.78, 5) is 4.43. The summed E-state index contributed by atoms with van der Waals surface area (Å²) in [5, 5.41) is 24.3. The van der Waals surface area contributed by atoms with Crippen LogP contribution in [0, 0.1) is 11.3 Å². The van der Waals surface area contributed by atoms with Crippen LogP contribution in [0.2, 0.25) is 0 Å². The highest BCUT2D eigenvalue weighted by molar-refractivity contribution is 5.25. The Kier molecular flexibility index (Phi) is 9.61. The van der Waals surface area contributed by atoms with E-state index >= 15 is 0 Å². The Hall–Kier alpha value is -2.31. The molecule has 0 radical (unpaired) electrons. The van der Waals surface area contributed by atoms with Crippen molar-refractivity contribution >= 4 is 0 Å². The number of likely N-dealkylation sites (N-methyl/N-ethyl adjacent to an activating group) is 2. The van der Waals surface area contributed by atoms with E-state index in [4.69, 9.17) is 5.26 Å². The largest absolute Gasteiger partial charge is 0.315 e. The minimum Gasteiger partial charge on any atom is -0.315 e. The van der Waals surface area contributed by atoms with Crippen LogP contribution in [0.4, 0.5) is 0 Å². The summed E-state index contributed by atoms with van der Waals surface area (Å²) >= 11 is 0. The van der Waals surface area contributed by atoms with Gasteiger partial charge in [0.15, 0.2) is 5.69 Å². The van der Waals surface area contributed by atoms with Crippen LogP contribution in [-0.4, -0.2) is 66.2 Å². The van der Waals surface area contributed by atoms with Crippen LogP contribution in [-0.2, 0) is 26.2 Å². The Morgan fingerprint density at radius 3 is 2.44 bits per heavy atom. The average Bonchev–Trinajstić information content (AvgIpc) is 3.32. The van der Waals surface area contributed by atoms with Crippen LogP contribution in [0.25, 0.3) is 0 Å². The van der Waals surface area contributed by atoms with Gasteiger partial charge in [-0.2, -0.15) is 5.26 Å². The molecule has 0 bridgehead atoms. The van der Waals surface area contributed by atoms with Crippen LogP contribution in [0.1, 0.15) is 51.8 Å². The molecule has 2 aliphatic heterocycles. The second-order valence-corrected chi connectivity index (χ2v) is 6.12. The molecule has 0 N–H and O–H groups in total. The lowest BCUT2D eigenvalue weighted by Gasteiger charge is -2.29. The molecule has 9 heteroatoms. The topological polar surface area (TPSA) is 91.7 Å². The third-order valence-electron chi connectivity index (χ3n) is 4.36. The zero-order valence-electron chi connectivity index (χ0n) is 17.7. The van der Waals surface area contributed by atoms with Crippen molar-refractivity contribution in [3.63, 3.8) is 0 Å². The Morgan fingerprint density at radius 2 is 1.78 bits per heavy atom. The number of aromatic nitrogens is 6. The van der Waals surface area contributed by atoms with E-state index in [-0.39, 0.29) is 0 Å². The fraction of sp³-hybridized carbons (Fsp3) is 0.722. The zero-order valence-corrected chi connectivity index (χ0v) is 17.7. The van der Waals surface area contributed by atoms with E-state index in [9.17, 15) is 0 Å². The summed E-state index contributed by atoms with van der Waals surface area (Å²) in [6.45, 7) is 14.8. The van der Waals surface area contributed by atoms with Crippen molar-refractivity contribution in [2.45, 2.75) is 66.8 Å². The molecule has 0 saturated heterocycles. The molecule has 4 heterocycles. The molecule has 1 atom stereocenters. The number of hydrogen-bond donors (Lipinski definition) is 0. The Balaban J connectivity index is 0.000000233. The van der Waals surface area contributed by atoms with Gasteiger partial charge in [0.25, 0.3) is 0 Å². The summed E-state index contributed by atoms with van der Waals surface area (Å²) in [5.74, 6) is 1.08. The summed E-state index contributed by atoms with van der Waals surface area (Å²) < 4.78 is 3.92. The van der Waals surface area contributed by atoms with E-state index < -0.39 is 0 Å².